The Kier molecular flexibility index (Phi) is 4.86. The van der Waals surface area contributed by atoms with Crippen molar-refractivity contribution < 1.29 is 18.7 Å². The average Bonchev–Trinajstić information content (AvgIpc) is 2.25. The van der Waals surface area contributed by atoms with E-state index in [2.05, 4.69) is 0 Å². The van der Waals surface area contributed by atoms with E-state index in [1.807, 2.05) is 0 Å². The second-order valence-electron chi connectivity index (χ2n) is 3.19. The highest BCUT2D eigenvalue weighted by Gasteiger charge is 2.17. The normalized spacial score (nSPS) is 10.8. The molecule has 1 aromatic rings. The molecule has 0 fully saturated rings. The summed E-state index contributed by atoms with van der Waals surface area (Å²) in [5.41, 5.74) is 0.621. The summed E-state index contributed by atoms with van der Waals surface area (Å²) in [4.78, 5) is 11.6. The van der Waals surface area contributed by atoms with Crippen LogP contribution in [0.15, 0.2) is 18.2 Å². The van der Waals surface area contributed by atoms with Crippen LogP contribution in [0, 0.1) is 5.82 Å². The number of carbonyl (C=O) groups excluding carboxylic acids is 1. The van der Waals surface area contributed by atoms with Crippen molar-refractivity contribution in [2.24, 2.45) is 0 Å². The van der Waals surface area contributed by atoms with Gasteiger partial charge in [0.1, 0.15) is 5.82 Å². The van der Waals surface area contributed by atoms with Crippen molar-refractivity contribution in [2.75, 3.05) is 14.2 Å². The highest BCUT2D eigenvalue weighted by atomic mass is 35.5. The van der Waals surface area contributed by atoms with Crippen molar-refractivity contribution in [2.45, 2.75) is 12.7 Å². The first kappa shape index (κ1) is 13.1. The molecular formula is C11H12ClFO3. The van der Waals surface area contributed by atoms with Gasteiger partial charge in [0.05, 0.1) is 5.02 Å². The number of hydrogen-bond donors (Lipinski definition) is 0. The van der Waals surface area contributed by atoms with Gasteiger partial charge in [-0.05, 0) is 17.7 Å². The number of hydrogen-bond acceptors (Lipinski definition) is 3. The van der Waals surface area contributed by atoms with Crippen molar-refractivity contribution in [1.82, 2.24) is 0 Å². The van der Waals surface area contributed by atoms with Gasteiger partial charge in [-0.25, -0.2) is 4.39 Å². The number of halogens is 2. The van der Waals surface area contributed by atoms with Crippen molar-refractivity contribution in [1.29, 1.82) is 0 Å². The maximum Gasteiger partial charge on any atom is 0.217 e. The Morgan fingerprint density at radius 1 is 1.44 bits per heavy atom. The predicted molar refractivity (Wildman–Crippen MR) is 57.9 cm³/mol. The molecule has 88 valence electrons. The molecule has 0 saturated carbocycles. The number of ketones is 1. The minimum atomic E-state index is -0.899. The van der Waals surface area contributed by atoms with Gasteiger partial charge in [-0.1, -0.05) is 17.7 Å². The molecule has 3 nitrogen and oxygen atoms in total. The van der Waals surface area contributed by atoms with E-state index < -0.39 is 12.1 Å². The highest BCUT2D eigenvalue weighted by Crippen LogP contribution is 2.17. The van der Waals surface area contributed by atoms with Crippen LogP contribution >= 0.6 is 11.6 Å². The van der Waals surface area contributed by atoms with Crippen LogP contribution in [-0.2, 0) is 20.7 Å². The number of benzene rings is 1. The first-order valence-corrected chi connectivity index (χ1v) is 4.98. The summed E-state index contributed by atoms with van der Waals surface area (Å²) in [6, 6.07) is 4.14. The molecule has 1 rings (SSSR count). The number of methoxy groups -OCH3 is 2. The van der Waals surface area contributed by atoms with Crippen LogP contribution in [0.1, 0.15) is 5.56 Å². The third-order valence-corrected chi connectivity index (χ3v) is 2.34. The Hall–Kier alpha value is -0.970. The van der Waals surface area contributed by atoms with Gasteiger partial charge in [-0.15, -0.1) is 0 Å². The van der Waals surface area contributed by atoms with Crippen molar-refractivity contribution >= 4 is 17.4 Å². The van der Waals surface area contributed by atoms with Gasteiger partial charge in [0.25, 0.3) is 0 Å². The lowest BCUT2D eigenvalue weighted by molar-refractivity contribution is -0.155. The first-order valence-electron chi connectivity index (χ1n) is 4.60. The van der Waals surface area contributed by atoms with Gasteiger partial charge >= 0.3 is 0 Å². The van der Waals surface area contributed by atoms with E-state index in [0.29, 0.717) is 5.56 Å². The molecule has 16 heavy (non-hydrogen) atoms. The van der Waals surface area contributed by atoms with E-state index in [9.17, 15) is 9.18 Å². The van der Waals surface area contributed by atoms with Gasteiger partial charge in [-0.3, -0.25) is 4.79 Å². The molecule has 0 N–H and O–H groups in total. The fraction of sp³-hybridized carbons (Fsp3) is 0.364. The molecular weight excluding hydrogens is 235 g/mol. The van der Waals surface area contributed by atoms with Crippen LogP contribution in [0.4, 0.5) is 4.39 Å². The summed E-state index contributed by atoms with van der Waals surface area (Å²) in [5, 5.41) is -0.00307. The maximum atomic E-state index is 12.9. The van der Waals surface area contributed by atoms with Crippen LogP contribution in [0.25, 0.3) is 0 Å². The van der Waals surface area contributed by atoms with Crippen molar-refractivity contribution in [3.8, 4) is 0 Å². The van der Waals surface area contributed by atoms with Gasteiger partial charge in [-0.2, -0.15) is 0 Å². The molecule has 0 heterocycles. The zero-order valence-corrected chi connectivity index (χ0v) is 9.75. The van der Waals surface area contributed by atoms with Gasteiger partial charge in [0.2, 0.25) is 6.29 Å². The van der Waals surface area contributed by atoms with Gasteiger partial charge in [0, 0.05) is 20.6 Å². The largest absolute Gasteiger partial charge is 0.349 e. The lowest BCUT2D eigenvalue weighted by atomic mass is 10.1. The quantitative estimate of drug-likeness (QED) is 0.748. The highest BCUT2D eigenvalue weighted by molar-refractivity contribution is 6.30. The zero-order valence-electron chi connectivity index (χ0n) is 9.00. The fourth-order valence-corrected chi connectivity index (χ4v) is 1.50. The molecule has 0 radical (unpaired) electrons. The molecule has 1 aromatic carbocycles. The monoisotopic (exact) mass is 246 g/mol. The SMILES string of the molecule is COC(OC)C(=O)Cc1ccc(F)c(Cl)c1. The lowest BCUT2D eigenvalue weighted by Crippen LogP contribution is -2.26. The number of rotatable bonds is 5. The van der Waals surface area contributed by atoms with E-state index in [-0.39, 0.29) is 17.2 Å². The molecule has 0 aliphatic heterocycles. The standard InChI is InChI=1S/C11H12ClFO3/c1-15-11(16-2)10(14)6-7-3-4-9(13)8(12)5-7/h3-5,11H,6H2,1-2H3. The molecule has 0 aliphatic rings. The Balaban J connectivity index is 2.73. The summed E-state index contributed by atoms with van der Waals surface area (Å²) >= 11 is 5.60. The molecule has 0 aromatic heterocycles. The molecule has 0 saturated heterocycles. The Labute approximate surface area is 98.1 Å². The summed E-state index contributed by atoms with van der Waals surface area (Å²) in [6.45, 7) is 0. The minimum absolute atomic E-state index is 0.00307. The van der Waals surface area contributed by atoms with E-state index in [0.717, 1.165) is 0 Å². The van der Waals surface area contributed by atoms with E-state index >= 15 is 0 Å². The van der Waals surface area contributed by atoms with E-state index in [1.54, 1.807) is 0 Å². The van der Waals surface area contributed by atoms with E-state index in [1.165, 1.54) is 32.4 Å². The summed E-state index contributed by atoms with van der Waals surface area (Å²) in [7, 11) is 2.76. The van der Waals surface area contributed by atoms with Gasteiger partial charge in [0.15, 0.2) is 5.78 Å². The fourth-order valence-electron chi connectivity index (χ4n) is 1.29. The average molecular weight is 247 g/mol. The molecule has 0 unspecified atom stereocenters. The molecule has 0 bridgehead atoms. The molecule has 0 spiro atoms. The Morgan fingerprint density at radius 3 is 2.56 bits per heavy atom. The van der Waals surface area contributed by atoms with Crippen LogP contribution in [0.5, 0.6) is 0 Å². The number of Topliss-reactive ketones (excluding diaryl/α,β-unsaturated/α-hetero) is 1. The molecule has 0 aliphatic carbocycles. The summed E-state index contributed by atoms with van der Waals surface area (Å²) in [5.74, 6) is -0.749. The number of ether oxygens (including phenoxy) is 2. The summed E-state index contributed by atoms with van der Waals surface area (Å²) in [6.07, 6.45) is -0.810. The van der Waals surface area contributed by atoms with Crippen LogP contribution in [0.3, 0.4) is 0 Å². The maximum absolute atomic E-state index is 12.9. The second-order valence-corrected chi connectivity index (χ2v) is 3.60. The van der Waals surface area contributed by atoms with Crippen molar-refractivity contribution in [3.05, 3.63) is 34.6 Å². The number of carbonyl (C=O) groups is 1. The summed E-state index contributed by atoms with van der Waals surface area (Å²) < 4.78 is 22.5. The third kappa shape index (κ3) is 3.27. The molecule has 0 amide bonds. The minimum Gasteiger partial charge on any atom is -0.349 e. The first-order chi connectivity index (χ1) is 7.58. The second kappa shape index (κ2) is 5.94. The van der Waals surface area contributed by atoms with Crippen LogP contribution in [-0.4, -0.2) is 26.3 Å². The topological polar surface area (TPSA) is 35.5 Å². The molecule has 5 heteroatoms. The third-order valence-electron chi connectivity index (χ3n) is 2.05. The lowest BCUT2D eigenvalue weighted by Gasteiger charge is -2.11. The molecule has 0 atom stereocenters. The zero-order chi connectivity index (χ0) is 12.1. The van der Waals surface area contributed by atoms with E-state index in [4.69, 9.17) is 21.1 Å². The Morgan fingerprint density at radius 2 is 2.06 bits per heavy atom. The smallest absolute Gasteiger partial charge is 0.217 e. The Bertz CT molecular complexity index is 377. The van der Waals surface area contributed by atoms with Crippen LogP contribution < -0.4 is 0 Å². The van der Waals surface area contributed by atoms with Crippen molar-refractivity contribution in [3.63, 3.8) is 0 Å². The van der Waals surface area contributed by atoms with Crippen LogP contribution in [0.2, 0.25) is 5.02 Å². The predicted octanol–water partition coefficient (Wildman–Crippen LogP) is 2.21. The van der Waals surface area contributed by atoms with Gasteiger partial charge < -0.3 is 9.47 Å².